The van der Waals surface area contributed by atoms with Crippen LogP contribution in [0.5, 0.6) is 0 Å². The van der Waals surface area contributed by atoms with Gasteiger partial charge in [0.1, 0.15) is 0 Å². The third-order valence-corrected chi connectivity index (χ3v) is 1.79. The SMILES string of the molecule is CC(C)=CC(N)c1cncc(C)c1. The number of hydrogen-bond donors (Lipinski definition) is 1. The lowest BCUT2D eigenvalue weighted by molar-refractivity contribution is 0.887. The van der Waals surface area contributed by atoms with Crippen LogP contribution in [0, 0.1) is 6.92 Å². The zero-order valence-electron chi connectivity index (χ0n) is 8.41. The number of rotatable bonds is 2. The van der Waals surface area contributed by atoms with E-state index in [-0.39, 0.29) is 6.04 Å². The number of allylic oxidation sites excluding steroid dienone is 1. The zero-order valence-corrected chi connectivity index (χ0v) is 8.41. The molecule has 1 heterocycles. The summed E-state index contributed by atoms with van der Waals surface area (Å²) in [7, 11) is 0. The maximum atomic E-state index is 5.95. The minimum atomic E-state index is -0.0302. The van der Waals surface area contributed by atoms with E-state index in [4.69, 9.17) is 5.73 Å². The van der Waals surface area contributed by atoms with Gasteiger partial charge < -0.3 is 5.73 Å². The fraction of sp³-hybridized carbons (Fsp3) is 0.364. The second-order valence-corrected chi connectivity index (χ2v) is 3.57. The third-order valence-electron chi connectivity index (χ3n) is 1.79. The van der Waals surface area contributed by atoms with Gasteiger partial charge in [0.05, 0.1) is 0 Å². The maximum Gasteiger partial charge on any atom is 0.0499 e. The van der Waals surface area contributed by atoms with Gasteiger partial charge in [-0.25, -0.2) is 0 Å². The van der Waals surface area contributed by atoms with E-state index in [0.29, 0.717) is 0 Å². The molecule has 1 atom stereocenters. The summed E-state index contributed by atoms with van der Waals surface area (Å²) in [6, 6.07) is 2.04. The smallest absolute Gasteiger partial charge is 0.0499 e. The van der Waals surface area contributed by atoms with Crippen molar-refractivity contribution in [1.29, 1.82) is 0 Å². The van der Waals surface area contributed by atoms with Crippen LogP contribution in [0.15, 0.2) is 30.1 Å². The first kappa shape index (κ1) is 9.93. The summed E-state index contributed by atoms with van der Waals surface area (Å²) in [5.74, 6) is 0. The van der Waals surface area contributed by atoms with Gasteiger partial charge in [-0.1, -0.05) is 17.7 Å². The molecule has 0 bridgehead atoms. The van der Waals surface area contributed by atoms with Crippen molar-refractivity contribution in [1.82, 2.24) is 4.98 Å². The van der Waals surface area contributed by atoms with E-state index in [0.717, 1.165) is 11.1 Å². The van der Waals surface area contributed by atoms with Crippen LogP contribution in [-0.2, 0) is 0 Å². The molecule has 1 aromatic heterocycles. The van der Waals surface area contributed by atoms with E-state index < -0.39 is 0 Å². The largest absolute Gasteiger partial charge is 0.321 e. The normalized spacial score (nSPS) is 12.3. The van der Waals surface area contributed by atoms with Crippen LogP contribution in [0.2, 0.25) is 0 Å². The quantitative estimate of drug-likeness (QED) is 0.702. The van der Waals surface area contributed by atoms with Crippen LogP contribution < -0.4 is 5.73 Å². The second kappa shape index (κ2) is 4.19. The van der Waals surface area contributed by atoms with Crippen molar-refractivity contribution >= 4 is 0 Å². The van der Waals surface area contributed by atoms with Gasteiger partial charge in [-0.05, 0) is 31.9 Å². The Morgan fingerprint density at radius 2 is 2.15 bits per heavy atom. The second-order valence-electron chi connectivity index (χ2n) is 3.57. The third kappa shape index (κ3) is 2.99. The minimum Gasteiger partial charge on any atom is -0.321 e. The average Bonchev–Trinajstić information content (AvgIpc) is 2.03. The van der Waals surface area contributed by atoms with Crippen LogP contribution in [-0.4, -0.2) is 4.98 Å². The first-order valence-corrected chi connectivity index (χ1v) is 4.42. The molecule has 0 spiro atoms. The summed E-state index contributed by atoms with van der Waals surface area (Å²) in [5.41, 5.74) is 9.40. The number of aryl methyl sites for hydroxylation is 1. The highest BCUT2D eigenvalue weighted by Gasteiger charge is 2.02. The summed E-state index contributed by atoms with van der Waals surface area (Å²) in [4.78, 5) is 4.10. The van der Waals surface area contributed by atoms with Gasteiger partial charge in [-0.15, -0.1) is 0 Å². The summed E-state index contributed by atoms with van der Waals surface area (Å²) in [5, 5.41) is 0. The molecular weight excluding hydrogens is 160 g/mol. The molecule has 1 rings (SSSR count). The predicted molar refractivity (Wildman–Crippen MR) is 55.3 cm³/mol. The Hall–Kier alpha value is -1.15. The zero-order chi connectivity index (χ0) is 9.84. The first-order valence-electron chi connectivity index (χ1n) is 4.42. The lowest BCUT2D eigenvalue weighted by atomic mass is 10.1. The molecule has 2 nitrogen and oxygen atoms in total. The Balaban J connectivity index is 2.89. The number of pyridine rings is 1. The Labute approximate surface area is 79.5 Å². The Morgan fingerprint density at radius 1 is 1.46 bits per heavy atom. The van der Waals surface area contributed by atoms with Crippen LogP contribution in [0.3, 0.4) is 0 Å². The van der Waals surface area contributed by atoms with E-state index >= 15 is 0 Å². The van der Waals surface area contributed by atoms with Gasteiger partial charge >= 0.3 is 0 Å². The van der Waals surface area contributed by atoms with E-state index in [1.807, 2.05) is 39.2 Å². The molecule has 0 fully saturated rings. The van der Waals surface area contributed by atoms with Crippen molar-refractivity contribution in [3.05, 3.63) is 41.2 Å². The molecule has 0 saturated heterocycles. The van der Waals surface area contributed by atoms with Crippen LogP contribution >= 0.6 is 0 Å². The molecule has 0 amide bonds. The average molecular weight is 176 g/mol. The van der Waals surface area contributed by atoms with Crippen LogP contribution in [0.4, 0.5) is 0 Å². The lowest BCUT2D eigenvalue weighted by Crippen LogP contribution is -2.08. The molecule has 2 N–H and O–H groups in total. The summed E-state index contributed by atoms with van der Waals surface area (Å²) in [6.45, 7) is 6.11. The predicted octanol–water partition coefficient (Wildman–Crippen LogP) is 2.36. The van der Waals surface area contributed by atoms with Crippen molar-refractivity contribution in [2.75, 3.05) is 0 Å². The monoisotopic (exact) mass is 176 g/mol. The first-order chi connectivity index (χ1) is 6.09. The van der Waals surface area contributed by atoms with Crippen LogP contribution in [0.25, 0.3) is 0 Å². The molecule has 0 aliphatic heterocycles. The molecule has 0 aliphatic carbocycles. The number of hydrogen-bond acceptors (Lipinski definition) is 2. The highest BCUT2D eigenvalue weighted by atomic mass is 14.7. The lowest BCUT2D eigenvalue weighted by Gasteiger charge is -2.07. The van der Waals surface area contributed by atoms with E-state index in [1.165, 1.54) is 5.57 Å². The van der Waals surface area contributed by atoms with E-state index in [1.54, 1.807) is 0 Å². The standard InChI is InChI=1S/C11H16N2/c1-8(2)4-11(12)10-5-9(3)6-13-7-10/h4-7,11H,12H2,1-3H3. The molecular formula is C11H16N2. The molecule has 70 valence electrons. The minimum absolute atomic E-state index is 0.0302. The Morgan fingerprint density at radius 3 is 2.69 bits per heavy atom. The topological polar surface area (TPSA) is 38.9 Å². The van der Waals surface area contributed by atoms with E-state index in [2.05, 4.69) is 11.1 Å². The van der Waals surface area contributed by atoms with Gasteiger partial charge in [-0.3, -0.25) is 4.98 Å². The van der Waals surface area contributed by atoms with Crippen molar-refractivity contribution < 1.29 is 0 Å². The fourth-order valence-electron chi connectivity index (χ4n) is 1.22. The maximum absolute atomic E-state index is 5.95. The fourth-order valence-corrected chi connectivity index (χ4v) is 1.22. The highest BCUT2D eigenvalue weighted by molar-refractivity contribution is 5.24. The highest BCUT2D eigenvalue weighted by Crippen LogP contribution is 2.13. The molecule has 1 aromatic rings. The van der Waals surface area contributed by atoms with Gasteiger partial charge in [0.15, 0.2) is 0 Å². The molecule has 0 aliphatic rings. The van der Waals surface area contributed by atoms with Gasteiger partial charge in [0, 0.05) is 18.4 Å². The van der Waals surface area contributed by atoms with Crippen LogP contribution in [0.1, 0.15) is 31.0 Å². The Bertz CT molecular complexity index is 312. The van der Waals surface area contributed by atoms with Gasteiger partial charge in [0.2, 0.25) is 0 Å². The van der Waals surface area contributed by atoms with Crippen molar-refractivity contribution in [2.45, 2.75) is 26.8 Å². The molecule has 1 unspecified atom stereocenters. The number of nitrogens with zero attached hydrogens (tertiary/aromatic N) is 1. The van der Waals surface area contributed by atoms with Crippen molar-refractivity contribution in [3.63, 3.8) is 0 Å². The van der Waals surface area contributed by atoms with Gasteiger partial charge in [-0.2, -0.15) is 0 Å². The van der Waals surface area contributed by atoms with Crippen molar-refractivity contribution in [3.8, 4) is 0 Å². The van der Waals surface area contributed by atoms with Gasteiger partial charge in [0.25, 0.3) is 0 Å². The Kier molecular flexibility index (Phi) is 3.20. The number of nitrogens with two attached hydrogens (primary N) is 1. The molecule has 0 aromatic carbocycles. The summed E-state index contributed by atoms with van der Waals surface area (Å²) in [6.07, 6.45) is 5.69. The summed E-state index contributed by atoms with van der Waals surface area (Å²) >= 11 is 0. The molecule has 2 heteroatoms. The molecule has 13 heavy (non-hydrogen) atoms. The summed E-state index contributed by atoms with van der Waals surface area (Å²) < 4.78 is 0. The van der Waals surface area contributed by atoms with Crippen molar-refractivity contribution in [2.24, 2.45) is 5.73 Å². The molecule has 0 radical (unpaired) electrons. The van der Waals surface area contributed by atoms with E-state index in [9.17, 15) is 0 Å². The molecule has 0 saturated carbocycles. The number of aromatic nitrogens is 1.